The zero-order chi connectivity index (χ0) is 9.73. The summed E-state index contributed by atoms with van der Waals surface area (Å²) in [7, 11) is 0. The predicted octanol–water partition coefficient (Wildman–Crippen LogP) is 2.06. The molecule has 0 radical (unpaired) electrons. The molecule has 1 aliphatic rings. The lowest BCUT2D eigenvalue weighted by Crippen LogP contribution is -2.37. The third kappa shape index (κ3) is 2.44. The zero-order valence-electron chi connectivity index (χ0n) is 8.76. The Bertz CT molecular complexity index is 149. The zero-order valence-corrected chi connectivity index (χ0v) is 8.76. The topological polar surface area (TPSA) is 46.2 Å². The first kappa shape index (κ1) is 11.0. The maximum absolute atomic E-state index is 9.86. The standard InChI is InChI=1S/C11H23NO/c1-2-3-4-7-11(9-12)8-5-6-10(11)13/h10,13H,2-9,12H2,1H3. The normalized spacial score (nSPS) is 33.9. The minimum atomic E-state index is -0.130. The lowest BCUT2D eigenvalue weighted by atomic mass is 9.79. The van der Waals surface area contributed by atoms with Gasteiger partial charge in [-0.15, -0.1) is 0 Å². The number of rotatable bonds is 5. The summed E-state index contributed by atoms with van der Waals surface area (Å²) >= 11 is 0. The van der Waals surface area contributed by atoms with Crippen LogP contribution in [0.25, 0.3) is 0 Å². The summed E-state index contributed by atoms with van der Waals surface area (Å²) in [5.74, 6) is 0. The monoisotopic (exact) mass is 185 g/mol. The van der Waals surface area contributed by atoms with Crippen LogP contribution in [0.5, 0.6) is 0 Å². The van der Waals surface area contributed by atoms with E-state index in [4.69, 9.17) is 5.73 Å². The number of aliphatic hydroxyl groups excluding tert-OH is 1. The van der Waals surface area contributed by atoms with Gasteiger partial charge in [0.15, 0.2) is 0 Å². The molecule has 2 heteroatoms. The van der Waals surface area contributed by atoms with Crippen molar-refractivity contribution in [3.05, 3.63) is 0 Å². The minimum Gasteiger partial charge on any atom is -0.393 e. The van der Waals surface area contributed by atoms with Gasteiger partial charge in [0.05, 0.1) is 6.10 Å². The molecule has 1 aliphatic carbocycles. The average Bonchev–Trinajstić information content (AvgIpc) is 2.49. The molecule has 3 N–H and O–H groups in total. The fourth-order valence-corrected chi connectivity index (χ4v) is 2.48. The second kappa shape index (κ2) is 4.97. The van der Waals surface area contributed by atoms with Gasteiger partial charge < -0.3 is 10.8 Å². The van der Waals surface area contributed by atoms with Gasteiger partial charge in [-0.2, -0.15) is 0 Å². The van der Waals surface area contributed by atoms with Crippen LogP contribution in [0.4, 0.5) is 0 Å². The Labute approximate surface area is 81.5 Å². The van der Waals surface area contributed by atoms with E-state index in [1.54, 1.807) is 0 Å². The molecule has 0 aliphatic heterocycles. The molecule has 13 heavy (non-hydrogen) atoms. The Hall–Kier alpha value is -0.0800. The predicted molar refractivity (Wildman–Crippen MR) is 55.5 cm³/mol. The lowest BCUT2D eigenvalue weighted by Gasteiger charge is -2.31. The molecular formula is C11H23NO. The molecule has 0 aromatic rings. The first-order valence-corrected chi connectivity index (χ1v) is 5.63. The summed E-state index contributed by atoms with van der Waals surface area (Å²) in [6.45, 7) is 2.87. The quantitative estimate of drug-likeness (QED) is 0.644. The molecule has 0 saturated heterocycles. The summed E-state index contributed by atoms with van der Waals surface area (Å²) in [5.41, 5.74) is 5.86. The molecule has 1 fully saturated rings. The highest BCUT2D eigenvalue weighted by Gasteiger charge is 2.39. The van der Waals surface area contributed by atoms with Gasteiger partial charge >= 0.3 is 0 Å². The van der Waals surface area contributed by atoms with Crippen LogP contribution in [0, 0.1) is 5.41 Å². The van der Waals surface area contributed by atoms with Crippen molar-refractivity contribution in [2.45, 2.75) is 58.0 Å². The minimum absolute atomic E-state index is 0.0785. The second-order valence-electron chi connectivity index (χ2n) is 4.43. The maximum Gasteiger partial charge on any atom is 0.0608 e. The molecule has 1 rings (SSSR count). The van der Waals surface area contributed by atoms with E-state index in [-0.39, 0.29) is 11.5 Å². The van der Waals surface area contributed by atoms with E-state index in [1.165, 1.54) is 19.3 Å². The second-order valence-corrected chi connectivity index (χ2v) is 4.43. The molecule has 0 aromatic carbocycles. The van der Waals surface area contributed by atoms with Gasteiger partial charge in [-0.05, 0) is 19.3 Å². The number of unbranched alkanes of at least 4 members (excludes halogenated alkanes) is 2. The van der Waals surface area contributed by atoms with Crippen LogP contribution in [-0.2, 0) is 0 Å². The molecule has 0 aromatic heterocycles. The van der Waals surface area contributed by atoms with Crippen LogP contribution in [0.15, 0.2) is 0 Å². The highest BCUT2D eigenvalue weighted by Crippen LogP contribution is 2.41. The van der Waals surface area contributed by atoms with Gasteiger partial charge in [0.25, 0.3) is 0 Å². The van der Waals surface area contributed by atoms with Crippen LogP contribution in [0.2, 0.25) is 0 Å². The number of hydrogen-bond acceptors (Lipinski definition) is 2. The molecule has 2 unspecified atom stereocenters. The van der Waals surface area contributed by atoms with Crippen molar-refractivity contribution in [2.75, 3.05) is 6.54 Å². The largest absolute Gasteiger partial charge is 0.393 e. The molecule has 0 heterocycles. The maximum atomic E-state index is 9.86. The van der Waals surface area contributed by atoms with Gasteiger partial charge in [-0.3, -0.25) is 0 Å². The van der Waals surface area contributed by atoms with Crippen LogP contribution >= 0.6 is 0 Å². The van der Waals surface area contributed by atoms with Crippen molar-refractivity contribution in [1.82, 2.24) is 0 Å². The summed E-state index contributed by atoms with van der Waals surface area (Å²) in [5, 5.41) is 9.86. The number of nitrogens with two attached hydrogens (primary N) is 1. The Morgan fingerprint density at radius 1 is 1.46 bits per heavy atom. The van der Waals surface area contributed by atoms with Gasteiger partial charge in [-0.25, -0.2) is 0 Å². The van der Waals surface area contributed by atoms with Crippen LogP contribution in [0.1, 0.15) is 51.9 Å². The molecule has 0 spiro atoms. The average molecular weight is 185 g/mol. The first-order chi connectivity index (χ1) is 6.25. The Morgan fingerprint density at radius 3 is 2.69 bits per heavy atom. The smallest absolute Gasteiger partial charge is 0.0608 e. The van der Waals surface area contributed by atoms with Gasteiger partial charge in [0.2, 0.25) is 0 Å². The van der Waals surface area contributed by atoms with Crippen molar-refractivity contribution >= 4 is 0 Å². The molecule has 0 bridgehead atoms. The third-order valence-electron chi connectivity index (χ3n) is 3.54. The molecule has 0 amide bonds. The fourth-order valence-electron chi connectivity index (χ4n) is 2.48. The molecule has 2 nitrogen and oxygen atoms in total. The van der Waals surface area contributed by atoms with Crippen LogP contribution in [0.3, 0.4) is 0 Å². The highest BCUT2D eigenvalue weighted by molar-refractivity contribution is 4.92. The Balaban J connectivity index is 2.39. The van der Waals surface area contributed by atoms with Crippen LogP contribution in [-0.4, -0.2) is 17.8 Å². The molecule has 2 atom stereocenters. The van der Waals surface area contributed by atoms with E-state index in [0.29, 0.717) is 6.54 Å². The van der Waals surface area contributed by atoms with Crippen LogP contribution < -0.4 is 5.73 Å². The Morgan fingerprint density at radius 2 is 2.23 bits per heavy atom. The van der Waals surface area contributed by atoms with Crippen molar-refractivity contribution in [2.24, 2.45) is 11.1 Å². The van der Waals surface area contributed by atoms with E-state index in [0.717, 1.165) is 25.7 Å². The number of aliphatic hydroxyl groups is 1. The first-order valence-electron chi connectivity index (χ1n) is 5.63. The van der Waals surface area contributed by atoms with E-state index in [1.807, 2.05) is 0 Å². The van der Waals surface area contributed by atoms with E-state index < -0.39 is 0 Å². The van der Waals surface area contributed by atoms with Crippen molar-refractivity contribution in [3.63, 3.8) is 0 Å². The Kier molecular flexibility index (Phi) is 4.20. The van der Waals surface area contributed by atoms with Gasteiger partial charge in [0.1, 0.15) is 0 Å². The van der Waals surface area contributed by atoms with E-state index >= 15 is 0 Å². The number of hydrogen-bond donors (Lipinski definition) is 2. The van der Waals surface area contributed by atoms with E-state index in [2.05, 4.69) is 6.92 Å². The summed E-state index contributed by atoms with van der Waals surface area (Å²) < 4.78 is 0. The summed E-state index contributed by atoms with van der Waals surface area (Å²) in [6.07, 6.45) is 7.99. The lowest BCUT2D eigenvalue weighted by molar-refractivity contribution is 0.0501. The van der Waals surface area contributed by atoms with Gasteiger partial charge in [0, 0.05) is 12.0 Å². The fraction of sp³-hybridized carbons (Fsp3) is 1.00. The highest BCUT2D eigenvalue weighted by atomic mass is 16.3. The van der Waals surface area contributed by atoms with Crippen molar-refractivity contribution in [1.29, 1.82) is 0 Å². The molecule has 78 valence electrons. The summed E-state index contributed by atoms with van der Waals surface area (Å²) in [4.78, 5) is 0. The molecular weight excluding hydrogens is 162 g/mol. The van der Waals surface area contributed by atoms with Gasteiger partial charge in [-0.1, -0.05) is 32.6 Å². The SMILES string of the molecule is CCCCCC1(CN)CCCC1O. The third-order valence-corrected chi connectivity index (χ3v) is 3.54. The molecule has 1 saturated carbocycles. The van der Waals surface area contributed by atoms with Crippen molar-refractivity contribution < 1.29 is 5.11 Å². The van der Waals surface area contributed by atoms with Crippen molar-refractivity contribution in [3.8, 4) is 0 Å². The summed E-state index contributed by atoms with van der Waals surface area (Å²) in [6, 6.07) is 0. The van der Waals surface area contributed by atoms with E-state index in [9.17, 15) is 5.11 Å².